The van der Waals surface area contributed by atoms with Gasteiger partial charge in [0.15, 0.2) is 5.60 Å². The molecule has 0 bridgehead atoms. The third kappa shape index (κ3) is 3.02. The molecule has 1 unspecified atom stereocenters. The van der Waals surface area contributed by atoms with Gasteiger partial charge in [-0.15, -0.1) is 0 Å². The van der Waals surface area contributed by atoms with E-state index >= 15 is 0 Å². The second-order valence-corrected chi connectivity index (χ2v) is 5.33. The van der Waals surface area contributed by atoms with Crippen molar-refractivity contribution < 1.29 is 9.63 Å². The Kier molecular flexibility index (Phi) is 4.78. The number of amides is 1. The van der Waals surface area contributed by atoms with Gasteiger partial charge >= 0.3 is 0 Å². The second-order valence-electron chi connectivity index (χ2n) is 5.33. The summed E-state index contributed by atoms with van der Waals surface area (Å²) in [5, 5.41) is 1.78. The van der Waals surface area contributed by atoms with Crippen molar-refractivity contribution in [1.29, 1.82) is 0 Å². The summed E-state index contributed by atoms with van der Waals surface area (Å²) < 4.78 is 0. The van der Waals surface area contributed by atoms with E-state index in [1.54, 1.807) is 5.06 Å². The Balaban J connectivity index is 2.24. The minimum absolute atomic E-state index is 0.107. The van der Waals surface area contributed by atoms with Crippen LogP contribution in [0.3, 0.4) is 0 Å². The molecule has 110 valence electrons. The van der Waals surface area contributed by atoms with Crippen molar-refractivity contribution >= 4 is 5.91 Å². The number of hydroxylamine groups is 2. The van der Waals surface area contributed by atoms with E-state index in [9.17, 15) is 4.79 Å². The molecule has 1 aliphatic rings. The molecular formula is C16H24N2O2. The molecule has 0 saturated carbocycles. The van der Waals surface area contributed by atoms with E-state index < -0.39 is 5.60 Å². The molecule has 4 heteroatoms. The van der Waals surface area contributed by atoms with Gasteiger partial charge in [-0.3, -0.25) is 9.63 Å². The van der Waals surface area contributed by atoms with E-state index in [1.807, 2.05) is 44.0 Å². The molecule has 0 aromatic heterocycles. The van der Waals surface area contributed by atoms with Crippen LogP contribution in [0.25, 0.3) is 0 Å². The van der Waals surface area contributed by atoms with Crippen molar-refractivity contribution in [2.24, 2.45) is 0 Å². The van der Waals surface area contributed by atoms with Gasteiger partial charge in [0.25, 0.3) is 5.91 Å². The Hall–Kier alpha value is -1.39. The number of likely N-dealkylation sites (N-methyl/N-ethyl adjacent to an activating group) is 1. The summed E-state index contributed by atoms with van der Waals surface area (Å²) in [4.78, 5) is 20.7. The van der Waals surface area contributed by atoms with E-state index in [1.165, 1.54) is 0 Å². The molecule has 1 aromatic carbocycles. The maximum Gasteiger partial charge on any atom is 0.257 e. The highest BCUT2D eigenvalue weighted by atomic mass is 16.7. The van der Waals surface area contributed by atoms with Crippen LogP contribution in [0, 0.1) is 0 Å². The number of carbonyl (C=O) groups excluding carboxylic acids is 1. The molecule has 1 aliphatic heterocycles. The normalized spacial score (nSPS) is 22.9. The lowest BCUT2D eigenvalue weighted by molar-refractivity contribution is -0.196. The summed E-state index contributed by atoms with van der Waals surface area (Å²) in [6.45, 7) is 6.25. The number of hydrogen-bond acceptors (Lipinski definition) is 3. The number of carbonyl (C=O) groups is 1. The maximum absolute atomic E-state index is 12.9. The van der Waals surface area contributed by atoms with Crippen molar-refractivity contribution in [1.82, 2.24) is 9.96 Å². The molecule has 0 spiro atoms. The summed E-state index contributed by atoms with van der Waals surface area (Å²) in [6.07, 6.45) is 1.38. The molecule has 1 aromatic rings. The summed E-state index contributed by atoms with van der Waals surface area (Å²) in [7, 11) is 1.89. The highest BCUT2D eigenvalue weighted by Gasteiger charge is 2.47. The molecule has 1 fully saturated rings. The van der Waals surface area contributed by atoms with E-state index in [2.05, 4.69) is 12.1 Å². The quantitative estimate of drug-likeness (QED) is 0.825. The predicted octanol–water partition coefficient (Wildman–Crippen LogP) is 2.10. The van der Waals surface area contributed by atoms with Gasteiger partial charge in [0.1, 0.15) is 0 Å². The standard InChI is InChI=1S/C16H24N2O2/c1-4-18(5-2)15(19)16(11-12-17(3)20-16)13-14-9-7-6-8-10-14/h6-10H,4-5,11-13H2,1-3H3. The largest absolute Gasteiger partial charge is 0.341 e. The number of benzene rings is 1. The van der Waals surface area contributed by atoms with Gasteiger partial charge in [0, 0.05) is 39.5 Å². The molecule has 20 heavy (non-hydrogen) atoms. The molecule has 0 aliphatic carbocycles. The van der Waals surface area contributed by atoms with Gasteiger partial charge in [0.05, 0.1) is 0 Å². The predicted molar refractivity (Wildman–Crippen MR) is 79.1 cm³/mol. The lowest BCUT2D eigenvalue weighted by Gasteiger charge is -2.32. The number of nitrogens with zero attached hydrogens (tertiary/aromatic N) is 2. The molecule has 0 N–H and O–H groups in total. The number of hydrogen-bond donors (Lipinski definition) is 0. The molecule has 1 atom stereocenters. The molecule has 1 heterocycles. The minimum Gasteiger partial charge on any atom is -0.341 e. The van der Waals surface area contributed by atoms with Crippen molar-refractivity contribution in [3.63, 3.8) is 0 Å². The first kappa shape index (κ1) is 15.0. The average Bonchev–Trinajstić information content (AvgIpc) is 2.83. The Morgan fingerprint density at radius 2 is 1.95 bits per heavy atom. The smallest absolute Gasteiger partial charge is 0.257 e. The van der Waals surface area contributed by atoms with Crippen molar-refractivity contribution in [3.8, 4) is 0 Å². The zero-order chi connectivity index (χ0) is 14.6. The van der Waals surface area contributed by atoms with Gasteiger partial charge < -0.3 is 4.90 Å². The summed E-state index contributed by atoms with van der Waals surface area (Å²) in [5.74, 6) is 0.107. The molecule has 1 saturated heterocycles. The Bertz CT molecular complexity index is 445. The molecular weight excluding hydrogens is 252 g/mol. The Morgan fingerprint density at radius 1 is 1.30 bits per heavy atom. The first-order valence-corrected chi connectivity index (χ1v) is 7.35. The van der Waals surface area contributed by atoms with E-state index in [0.29, 0.717) is 6.42 Å². The first-order valence-electron chi connectivity index (χ1n) is 7.35. The van der Waals surface area contributed by atoms with Gasteiger partial charge in [-0.25, -0.2) is 0 Å². The van der Waals surface area contributed by atoms with Gasteiger partial charge in [0.2, 0.25) is 0 Å². The van der Waals surface area contributed by atoms with Gasteiger partial charge in [-0.2, -0.15) is 5.06 Å². The topological polar surface area (TPSA) is 32.8 Å². The molecule has 2 rings (SSSR count). The molecule has 0 radical (unpaired) electrons. The monoisotopic (exact) mass is 276 g/mol. The third-order valence-electron chi connectivity index (χ3n) is 3.93. The fraction of sp³-hybridized carbons (Fsp3) is 0.562. The maximum atomic E-state index is 12.9. The zero-order valence-corrected chi connectivity index (χ0v) is 12.6. The molecule has 4 nitrogen and oxygen atoms in total. The lowest BCUT2D eigenvalue weighted by Crippen LogP contribution is -2.50. The highest BCUT2D eigenvalue weighted by molar-refractivity contribution is 5.86. The van der Waals surface area contributed by atoms with Crippen LogP contribution < -0.4 is 0 Å². The van der Waals surface area contributed by atoms with Crippen LogP contribution in [0.4, 0.5) is 0 Å². The van der Waals surface area contributed by atoms with Crippen LogP contribution in [0.2, 0.25) is 0 Å². The van der Waals surface area contributed by atoms with Crippen molar-refractivity contribution in [2.45, 2.75) is 32.3 Å². The van der Waals surface area contributed by atoms with Crippen molar-refractivity contribution in [3.05, 3.63) is 35.9 Å². The summed E-state index contributed by atoms with van der Waals surface area (Å²) >= 11 is 0. The van der Waals surface area contributed by atoms with Crippen LogP contribution >= 0.6 is 0 Å². The van der Waals surface area contributed by atoms with Crippen LogP contribution in [-0.2, 0) is 16.1 Å². The summed E-state index contributed by atoms with van der Waals surface area (Å²) in [6, 6.07) is 10.1. The van der Waals surface area contributed by atoms with Crippen LogP contribution in [0.5, 0.6) is 0 Å². The zero-order valence-electron chi connectivity index (χ0n) is 12.6. The van der Waals surface area contributed by atoms with E-state index in [4.69, 9.17) is 4.84 Å². The Labute approximate surface area is 121 Å². The van der Waals surface area contributed by atoms with Gasteiger partial charge in [-0.1, -0.05) is 30.3 Å². The fourth-order valence-electron chi connectivity index (χ4n) is 2.79. The summed E-state index contributed by atoms with van der Waals surface area (Å²) in [5.41, 5.74) is 0.408. The number of rotatable bonds is 5. The second kappa shape index (κ2) is 6.37. The van der Waals surface area contributed by atoms with Crippen LogP contribution in [-0.4, -0.2) is 48.2 Å². The SMILES string of the molecule is CCN(CC)C(=O)C1(Cc2ccccc2)CCN(C)O1. The lowest BCUT2D eigenvalue weighted by atomic mass is 9.90. The van der Waals surface area contributed by atoms with Crippen molar-refractivity contribution in [2.75, 3.05) is 26.7 Å². The minimum atomic E-state index is -0.734. The van der Waals surface area contributed by atoms with Crippen LogP contribution in [0.15, 0.2) is 30.3 Å². The van der Waals surface area contributed by atoms with E-state index in [0.717, 1.165) is 31.6 Å². The first-order chi connectivity index (χ1) is 9.61. The average molecular weight is 276 g/mol. The molecule has 1 amide bonds. The highest BCUT2D eigenvalue weighted by Crippen LogP contribution is 2.31. The van der Waals surface area contributed by atoms with Gasteiger partial charge in [-0.05, 0) is 19.4 Å². The fourth-order valence-corrected chi connectivity index (χ4v) is 2.79. The Morgan fingerprint density at radius 3 is 2.45 bits per heavy atom. The van der Waals surface area contributed by atoms with E-state index in [-0.39, 0.29) is 5.91 Å². The third-order valence-corrected chi connectivity index (χ3v) is 3.93. The van der Waals surface area contributed by atoms with Crippen LogP contribution in [0.1, 0.15) is 25.8 Å².